The van der Waals surface area contributed by atoms with Crippen LogP contribution in [0, 0.1) is 12.8 Å². The fraction of sp³-hybridized carbons (Fsp3) is 0.611. The molecular weight excluding hydrogens is 278 g/mol. The maximum atomic E-state index is 12.0. The molecule has 1 aliphatic rings. The number of hydrogen-bond acceptors (Lipinski definition) is 3. The van der Waals surface area contributed by atoms with E-state index in [4.69, 9.17) is 4.74 Å². The summed E-state index contributed by atoms with van der Waals surface area (Å²) in [5, 5.41) is 13.4. The third kappa shape index (κ3) is 3.61. The summed E-state index contributed by atoms with van der Waals surface area (Å²) >= 11 is 0. The van der Waals surface area contributed by atoms with Crippen molar-refractivity contribution in [2.75, 3.05) is 6.61 Å². The number of benzene rings is 1. The molecule has 4 nitrogen and oxygen atoms in total. The number of carbonyl (C=O) groups is 1. The molecule has 0 radical (unpaired) electrons. The van der Waals surface area contributed by atoms with Crippen molar-refractivity contribution in [3.05, 3.63) is 28.8 Å². The highest BCUT2D eigenvalue weighted by Crippen LogP contribution is 2.37. The van der Waals surface area contributed by atoms with Crippen molar-refractivity contribution in [1.82, 2.24) is 5.32 Å². The molecule has 1 amide bonds. The van der Waals surface area contributed by atoms with Gasteiger partial charge in [-0.25, -0.2) is 0 Å². The summed E-state index contributed by atoms with van der Waals surface area (Å²) < 4.78 is 5.79. The van der Waals surface area contributed by atoms with Gasteiger partial charge in [0, 0.05) is 17.9 Å². The van der Waals surface area contributed by atoms with Crippen LogP contribution in [0.25, 0.3) is 0 Å². The fourth-order valence-corrected chi connectivity index (χ4v) is 2.84. The molecule has 2 rings (SSSR count). The van der Waals surface area contributed by atoms with Gasteiger partial charge in [0.25, 0.3) is 0 Å². The number of aryl methyl sites for hydroxylation is 1. The van der Waals surface area contributed by atoms with Gasteiger partial charge in [-0.2, -0.15) is 0 Å². The molecule has 0 fully saturated rings. The molecule has 0 spiro atoms. The van der Waals surface area contributed by atoms with E-state index in [2.05, 4.69) is 12.2 Å². The molecule has 4 heteroatoms. The highest BCUT2D eigenvalue weighted by Gasteiger charge is 2.26. The summed E-state index contributed by atoms with van der Waals surface area (Å²) in [7, 11) is 0. The lowest BCUT2D eigenvalue weighted by Gasteiger charge is -2.29. The Bertz CT molecular complexity index is 539. The monoisotopic (exact) mass is 305 g/mol. The zero-order valence-electron chi connectivity index (χ0n) is 14.0. The molecule has 2 atom stereocenters. The average molecular weight is 305 g/mol. The van der Waals surface area contributed by atoms with E-state index in [0.717, 1.165) is 41.7 Å². The van der Waals surface area contributed by atoms with Crippen molar-refractivity contribution in [3.63, 3.8) is 0 Å². The van der Waals surface area contributed by atoms with E-state index in [0.29, 0.717) is 6.61 Å². The lowest BCUT2D eigenvalue weighted by molar-refractivity contribution is -0.124. The predicted octanol–water partition coefficient (Wildman–Crippen LogP) is 3.42. The molecule has 122 valence electrons. The molecular formula is C18H27NO3. The quantitative estimate of drug-likeness (QED) is 0.876. The number of nitrogens with one attached hydrogen (secondary N) is 1. The van der Waals surface area contributed by atoms with Crippen LogP contribution < -0.4 is 10.1 Å². The maximum Gasteiger partial charge on any atom is 0.223 e. The number of aliphatic hydroxyl groups excluding tert-OH is 1. The van der Waals surface area contributed by atoms with Gasteiger partial charge in [0.1, 0.15) is 5.75 Å². The van der Waals surface area contributed by atoms with Gasteiger partial charge >= 0.3 is 0 Å². The largest absolute Gasteiger partial charge is 0.493 e. The van der Waals surface area contributed by atoms with Crippen molar-refractivity contribution in [3.8, 4) is 5.75 Å². The van der Waals surface area contributed by atoms with E-state index in [1.807, 2.05) is 32.9 Å². The van der Waals surface area contributed by atoms with Crippen LogP contribution in [0.1, 0.15) is 68.9 Å². The molecule has 0 bridgehead atoms. The minimum absolute atomic E-state index is 0.0360. The van der Waals surface area contributed by atoms with Crippen LogP contribution in [0.3, 0.4) is 0 Å². The van der Waals surface area contributed by atoms with Crippen LogP contribution in [0.15, 0.2) is 12.1 Å². The zero-order chi connectivity index (χ0) is 16.3. The van der Waals surface area contributed by atoms with E-state index in [-0.39, 0.29) is 17.9 Å². The van der Waals surface area contributed by atoms with Crippen molar-refractivity contribution in [2.45, 2.75) is 59.1 Å². The number of hydrogen-bond donors (Lipinski definition) is 2. The molecule has 1 aromatic carbocycles. The maximum absolute atomic E-state index is 12.0. The highest BCUT2D eigenvalue weighted by atomic mass is 16.5. The Morgan fingerprint density at radius 2 is 2.18 bits per heavy atom. The Morgan fingerprint density at radius 1 is 1.45 bits per heavy atom. The molecule has 22 heavy (non-hydrogen) atoms. The Labute approximate surface area is 132 Å². The molecule has 1 aliphatic heterocycles. The lowest BCUT2D eigenvalue weighted by atomic mass is 9.92. The smallest absolute Gasteiger partial charge is 0.223 e. The number of ether oxygens (including phenoxy) is 1. The fourth-order valence-electron chi connectivity index (χ4n) is 2.84. The molecule has 2 N–H and O–H groups in total. The Balaban J connectivity index is 2.33. The number of carbonyl (C=O) groups excluding carboxylic acids is 1. The van der Waals surface area contributed by atoms with Gasteiger partial charge in [-0.1, -0.05) is 27.2 Å². The Kier molecular flexibility index (Phi) is 5.46. The first-order valence-corrected chi connectivity index (χ1v) is 8.19. The van der Waals surface area contributed by atoms with Crippen LogP contribution in [-0.2, 0) is 4.79 Å². The summed E-state index contributed by atoms with van der Waals surface area (Å²) in [6.07, 6.45) is 1.97. The van der Waals surface area contributed by atoms with Gasteiger partial charge in [-0.05, 0) is 36.6 Å². The minimum Gasteiger partial charge on any atom is -0.493 e. The number of rotatable bonds is 5. The van der Waals surface area contributed by atoms with Gasteiger partial charge in [-0.15, -0.1) is 0 Å². The van der Waals surface area contributed by atoms with E-state index in [9.17, 15) is 9.90 Å². The van der Waals surface area contributed by atoms with Crippen molar-refractivity contribution in [1.29, 1.82) is 0 Å². The van der Waals surface area contributed by atoms with Gasteiger partial charge in [0.2, 0.25) is 5.91 Å². The van der Waals surface area contributed by atoms with E-state index < -0.39 is 6.10 Å². The molecule has 2 unspecified atom stereocenters. The van der Waals surface area contributed by atoms with Gasteiger partial charge < -0.3 is 15.2 Å². The number of fused-ring (bicyclic) bond motifs is 1. The normalized spacial score (nSPS) is 18.5. The number of amides is 1. The first kappa shape index (κ1) is 16.8. The highest BCUT2D eigenvalue weighted by molar-refractivity contribution is 5.78. The molecule has 1 aromatic rings. The summed E-state index contributed by atoms with van der Waals surface area (Å²) in [6.45, 7) is 8.44. The van der Waals surface area contributed by atoms with Gasteiger partial charge in [0.15, 0.2) is 0 Å². The molecule has 0 saturated heterocycles. The topological polar surface area (TPSA) is 58.6 Å². The van der Waals surface area contributed by atoms with Crippen molar-refractivity contribution < 1.29 is 14.6 Å². The number of aliphatic hydroxyl groups is 1. The second-order valence-corrected chi connectivity index (χ2v) is 6.41. The standard InChI is InChI=1S/C18H27NO3/c1-5-6-16(20)13-9-12(4)17-14(10-13)15(7-8-22-17)19-18(21)11(2)3/h9-11,15-16,20H,5-8H2,1-4H3,(H,19,21). The van der Waals surface area contributed by atoms with Crippen LogP contribution in [0.2, 0.25) is 0 Å². The molecule has 1 heterocycles. The third-order valence-corrected chi connectivity index (χ3v) is 4.14. The van der Waals surface area contributed by atoms with E-state index >= 15 is 0 Å². The first-order valence-electron chi connectivity index (χ1n) is 8.19. The van der Waals surface area contributed by atoms with Gasteiger partial charge in [0.05, 0.1) is 18.8 Å². The Morgan fingerprint density at radius 3 is 2.82 bits per heavy atom. The third-order valence-electron chi connectivity index (χ3n) is 4.14. The summed E-state index contributed by atoms with van der Waals surface area (Å²) in [6, 6.07) is 3.95. The van der Waals surface area contributed by atoms with Crippen LogP contribution in [0.4, 0.5) is 0 Å². The summed E-state index contributed by atoms with van der Waals surface area (Å²) in [5.41, 5.74) is 2.92. The molecule has 0 aliphatic carbocycles. The SMILES string of the molecule is CCCC(O)c1cc(C)c2c(c1)C(NC(=O)C(C)C)CCO2. The average Bonchev–Trinajstić information content (AvgIpc) is 2.48. The van der Waals surface area contributed by atoms with Crippen LogP contribution in [-0.4, -0.2) is 17.6 Å². The van der Waals surface area contributed by atoms with Crippen molar-refractivity contribution in [2.24, 2.45) is 5.92 Å². The molecule has 0 aromatic heterocycles. The van der Waals surface area contributed by atoms with Gasteiger partial charge in [-0.3, -0.25) is 4.79 Å². The summed E-state index contributed by atoms with van der Waals surface area (Å²) in [4.78, 5) is 12.0. The van der Waals surface area contributed by atoms with Crippen LogP contribution in [0.5, 0.6) is 5.75 Å². The summed E-state index contributed by atoms with van der Waals surface area (Å²) in [5.74, 6) is 0.865. The van der Waals surface area contributed by atoms with E-state index in [1.165, 1.54) is 0 Å². The predicted molar refractivity (Wildman–Crippen MR) is 86.9 cm³/mol. The van der Waals surface area contributed by atoms with E-state index in [1.54, 1.807) is 0 Å². The van der Waals surface area contributed by atoms with Crippen molar-refractivity contribution >= 4 is 5.91 Å². The first-order chi connectivity index (χ1) is 10.4. The zero-order valence-corrected chi connectivity index (χ0v) is 14.0. The lowest BCUT2D eigenvalue weighted by Crippen LogP contribution is -2.35. The minimum atomic E-state index is -0.461. The molecule has 0 saturated carbocycles. The second kappa shape index (κ2) is 7.14. The Hall–Kier alpha value is -1.55. The van der Waals surface area contributed by atoms with Crippen LogP contribution >= 0.6 is 0 Å². The second-order valence-electron chi connectivity index (χ2n) is 6.41.